The van der Waals surface area contributed by atoms with Crippen LogP contribution in [0.25, 0.3) is 0 Å². The highest BCUT2D eigenvalue weighted by Gasteiger charge is 2.28. The van der Waals surface area contributed by atoms with E-state index in [4.69, 9.17) is 0 Å². The van der Waals surface area contributed by atoms with Crippen LogP contribution in [-0.2, 0) is 10.0 Å². The van der Waals surface area contributed by atoms with E-state index in [2.05, 4.69) is 15.4 Å². The third-order valence-electron chi connectivity index (χ3n) is 4.00. The molecule has 1 aliphatic carbocycles. The number of nitrogens with one attached hydrogen (secondary N) is 3. The van der Waals surface area contributed by atoms with Crippen LogP contribution in [0.4, 0.5) is 0 Å². The number of carbonyl (C=O) groups excluding carboxylic acids is 1. The Bertz CT molecular complexity index is 633. The maximum atomic E-state index is 12.2. The van der Waals surface area contributed by atoms with E-state index >= 15 is 0 Å². The average molecular weight is 323 g/mol. The highest BCUT2D eigenvalue weighted by molar-refractivity contribution is 7.89. The Balaban J connectivity index is 1.64. The molecular formula is C15H21N3O3S. The van der Waals surface area contributed by atoms with Gasteiger partial charge >= 0.3 is 0 Å². The van der Waals surface area contributed by atoms with Crippen LogP contribution >= 0.6 is 0 Å². The van der Waals surface area contributed by atoms with Gasteiger partial charge in [-0.1, -0.05) is 0 Å². The van der Waals surface area contributed by atoms with Crippen molar-refractivity contribution >= 4 is 15.9 Å². The van der Waals surface area contributed by atoms with Crippen LogP contribution in [-0.4, -0.2) is 39.5 Å². The lowest BCUT2D eigenvalue weighted by Crippen LogP contribution is -2.42. The number of rotatable bonds is 5. The first-order valence-corrected chi connectivity index (χ1v) is 9.17. The molecule has 0 atom stereocenters. The van der Waals surface area contributed by atoms with Crippen molar-refractivity contribution in [1.82, 2.24) is 15.4 Å². The lowest BCUT2D eigenvalue weighted by atomic mass is 10.1. The molecule has 1 heterocycles. The minimum atomic E-state index is -3.46. The maximum Gasteiger partial charge on any atom is 0.251 e. The fourth-order valence-corrected chi connectivity index (χ4v) is 3.81. The van der Waals surface area contributed by atoms with Crippen molar-refractivity contribution in [2.24, 2.45) is 0 Å². The second-order valence-electron chi connectivity index (χ2n) is 5.92. The number of hydrogen-bond acceptors (Lipinski definition) is 4. The monoisotopic (exact) mass is 323 g/mol. The lowest BCUT2D eigenvalue weighted by molar-refractivity contribution is 0.0929. The lowest BCUT2D eigenvalue weighted by Gasteiger charge is -2.23. The van der Waals surface area contributed by atoms with Gasteiger partial charge in [-0.05, 0) is 63.0 Å². The molecule has 1 saturated carbocycles. The van der Waals surface area contributed by atoms with Gasteiger partial charge < -0.3 is 10.6 Å². The summed E-state index contributed by atoms with van der Waals surface area (Å²) in [5.41, 5.74) is 0.490. The van der Waals surface area contributed by atoms with Crippen LogP contribution in [0.2, 0.25) is 0 Å². The Hall–Kier alpha value is -1.44. The van der Waals surface area contributed by atoms with E-state index in [1.807, 2.05) is 0 Å². The highest BCUT2D eigenvalue weighted by atomic mass is 32.2. The second kappa shape index (κ2) is 6.36. The summed E-state index contributed by atoms with van der Waals surface area (Å²) in [5.74, 6) is -0.147. The van der Waals surface area contributed by atoms with Gasteiger partial charge in [0.2, 0.25) is 10.0 Å². The number of carbonyl (C=O) groups is 1. The molecule has 7 heteroatoms. The van der Waals surface area contributed by atoms with Gasteiger partial charge in [-0.2, -0.15) is 0 Å². The van der Waals surface area contributed by atoms with E-state index in [1.54, 1.807) is 12.1 Å². The number of hydrogen-bond donors (Lipinski definition) is 3. The zero-order chi connectivity index (χ0) is 15.6. The summed E-state index contributed by atoms with van der Waals surface area (Å²) >= 11 is 0. The van der Waals surface area contributed by atoms with E-state index in [0.717, 1.165) is 38.8 Å². The smallest absolute Gasteiger partial charge is 0.251 e. The number of piperidine rings is 1. The van der Waals surface area contributed by atoms with Crippen LogP contribution in [0.3, 0.4) is 0 Å². The van der Waals surface area contributed by atoms with E-state index in [9.17, 15) is 13.2 Å². The molecule has 1 saturated heterocycles. The number of sulfonamides is 1. The van der Waals surface area contributed by atoms with Crippen LogP contribution in [0.1, 0.15) is 36.0 Å². The molecule has 3 N–H and O–H groups in total. The first-order chi connectivity index (χ1) is 10.5. The van der Waals surface area contributed by atoms with E-state index in [1.165, 1.54) is 12.1 Å². The fraction of sp³-hybridized carbons (Fsp3) is 0.533. The van der Waals surface area contributed by atoms with E-state index in [0.29, 0.717) is 5.56 Å². The van der Waals surface area contributed by atoms with E-state index in [-0.39, 0.29) is 22.9 Å². The molecule has 0 spiro atoms. The quantitative estimate of drug-likeness (QED) is 0.741. The van der Waals surface area contributed by atoms with Crippen molar-refractivity contribution in [3.05, 3.63) is 29.8 Å². The molecular weight excluding hydrogens is 302 g/mol. The van der Waals surface area contributed by atoms with Gasteiger partial charge in [0.1, 0.15) is 0 Å². The summed E-state index contributed by atoms with van der Waals surface area (Å²) in [7, 11) is -3.46. The van der Waals surface area contributed by atoms with Gasteiger partial charge in [0, 0.05) is 17.6 Å². The summed E-state index contributed by atoms with van der Waals surface area (Å²) in [4.78, 5) is 12.4. The van der Waals surface area contributed by atoms with Crippen molar-refractivity contribution < 1.29 is 13.2 Å². The minimum Gasteiger partial charge on any atom is -0.349 e. The molecule has 120 valence electrons. The molecule has 0 radical (unpaired) electrons. The van der Waals surface area contributed by atoms with Gasteiger partial charge in [0.05, 0.1) is 4.90 Å². The highest BCUT2D eigenvalue weighted by Crippen LogP contribution is 2.22. The molecule has 1 aromatic carbocycles. The Morgan fingerprint density at radius 2 is 1.64 bits per heavy atom. The molecule has 1 aromatic rings. The van der Waals surface area contributed by atoms with Crippen molar-refractivity contribution in [2.75, 3.05) is 13.1 Å². The van der Waals surface area contributed by atoms with Crippen molar-refractivity contribution in [3.63, 3.8) is 0 Å². The topological polar surface area (TPSA) is 87.3 Å². The summed E-state index contributed by atoms with van der Waals surface area (Å²) in [6.07, 6.45) is 3.64. The molecule has 1 aliphatic heterocycles. The fourth-order valence-electron chi connectivity index (χ4n) is 2.51. The first-order valence-electron chi connectivity index (χ1n) is 7.68. The molecule has 1 amide bonds. The molecule has 2 fully saturated rings. The van der Waals surface area contributed by atoms with Gasteiger partial charge in [-0.15, -0.1) is 0 Å². The second-order valence-corrected chi connectivity index (χ2v) is 7.63. The molecule has 3 rings (SSSR count). The van der Waals surface area contributed by atoms with Crippen LogP contribution in [0, 0.1) is 0 Å². The largest absolute Gasteiger partial charge is 0.349 e. The molecule has 0 aromatic heterocycles. The van der Waals surface area contributed by atoms with Gasteiger partial charge in [0.25, 0.3) is 5.91 Å². The third-order valence-corrected chi connectivity index (χ3v) is 5.54. The summed E-state index contributed by atoms with van der Waals surface area (Å²) < 4.78 is 26.7. The summed E-state index contributed by atoms with van der Waals surface area (Å²) in [6.45, 7) is 1.82. The van der Waals surface area contributed by atoms with Crippen LogP contribution in [0.15, 0.2) is 29.2 Å². The molecule has 0 unspecified atom stereocenters. The predicted octanol–water partition coefficient (Wildman–Crippen LogP) is 0.609. The van der Waals surface area contributed by atoms with Crippen LogP contribution < -0.4 is 15.4 Å². The predicted molar refractivity (Wildman–Crippen MR) is 83.1 cm³/mol. The van der Waals surface area contributed by atoms with Crippen molar-refractivity contribution in [2.45, 2.75) is 42.7 Å². The zero-order valence-corrected chi connectivity index (χ0v) is 13.2. The summed E-state index contributed by atoms with van der Waals surface area (Å²) in [5, 5.41) is 6.24. The Morgan fingerprint density at radius 3 is 2.23 bits per heavy atom. The Kier molecular flexibility index (Phi) is 4.46. The summed E-state index contributed by atoms with van der Waals surface area (Å²) in [6, 6.07) is 6.38. The maximum absolute atomic E-state index is 12.2. The number of benzene rings is 1. The Labute approximate surface area is 130 Å². The van der Waals surface area contributed by atoms with Crippen LogP contribution in [0.5, 0.6) is 0 Å². The third kappa shape index (κ3) is 3.85. The van der Waals surface area contributed by atoms with Gasteiger partial charge in [0.15, 0.2) is 0 Å². The average Bonchev–Trinajstić information content (AvgIpc) is 3.32. The molecule has 2 aliphatic rings. The molecule has 22 heavy (non-hydrogen) atoms. The van der Waals surface area contributed by atoms with Crippen molar-refractivity contribution in [3.8, 4) is 0 Å². The van der Waals surface area contributed by atoms with E-state index < -0.39 is 10.0 Å². The molecule has 0 bridgehead atoms. The van der Waals surface area contributed by atoms with Gasteiger partial charge in [-0.25, -0.2) is 13.1 Å². The standard InChI is InChI=1S/C15H21N3O3S/c19-15(17-12-7-9-16-10-8-12)11-1-5-14(6-2-11)22(20,21)18-13-3-4-13/h1-2,5-6,12-13,16,18H,3-4,7-10H2,(H,17,19). The first kappa shape index (κ1) is 15.5. The SMILES string of the molecule is O=C(NC1CCNCC1)c1ccc(S(=O)(=O)NC2CC2)cc1. The molecule has 6 nitrogen and oxygen atoms in total. The van der Waals surface area contributed by atoms with Crippen molar-refractivity contribution in [1.29, 1.82) is 0 Å². The Morgan fingerprint density at radius 1 is 1.00 bits per heavy atom. The minimum absolute atomic E-state index is 0.0767. The van der Waals surface area contributed by atoms with Gasteiger partial charge in [-0.3, -0.25) is 4.79 Å². The number of amides is 1. The zero-order valence-electron chi connectivity index (χ0n) is 12.3. The normalized spacial score (nSPS) is 19.8.